The second kappa shape index (κ2) is 9.42. The van der Waals surface area contributed by atoms with Gasteiger partial charge in [-0.1, -0.05) is 0 Å². The number of hydrogen-bond donors (Lipinski definition) is 4. The molecule has 1 aromatic carbocycles. The SMILES string of the molecule is C[C@H](N)C(=O)O.Cc1cc(=O)oc2cc(N)ccc12.O=C(O)C(F)(F)F. The molecule has 0 aliphatic carbocycles. The molecule has 0 fully saturated rings. The van der Waals surface area contributed by atoms with Gasteiger partial charge in [0.25, 0.3) is 0 Å². The van der Waals surface area contributed by atoms with Crippen LogP contribution < -0.4 is 17.1 Å². The highest BCUT2D eigenvalue weighted by molar-refractivity contribution is 5.82. The number of alkyl halides is 3. The first-order valence-electron chi connectivity index (χ1n) is 6.84. The molecule has 1 atom stereocenters. The Morgan fingerprint density at radius 2 is 1.65 bits per heavy atom. The molecule has 2 aromatic rings. The van der Waals surface area contributed by atoms with Gasteiger partial charge >= 0.3 is 23.7 Å². The highest BCUT2D eigenvalue weighted by atomic mass is 19.4. The van der Waals surface area contributed by atoms with Crippen molar-refractivity contribution in [3.63, 3.8) is 0 Å². The van der Waals surface area contributed by atoms with E-state index in [1.165, 1.54) is 13.0 Å². The third-order valence-corrected chi connectivity index (χ3v) is 2.61. The largest absolute Gasteiger partial charge is 0.490 e. The third-order valence-electron chi connectivity index (χ3n) is 2.61. The van der Waals surface area contributed by atoms with E-state index in [9.17, 15) is 22.8 Å². The van der Waals surface area contributed by atoms with Crippen molar-refractivity contribution in [1.29, 1.82) is 0 Å². The highest BCUT2D eigenvalue weighted by Crippen LogP contribution is 2.18. The maximum absolute atomic E-state index is 11.0. The average molecular weight is 378 g/mol. The topological polar surface area (TPSA) is 157 Å². The van der Waals surface area contributed by atoms with E-state index in [4.69, 9.17) is 30.9 Å². The first-order valence-corrected chi connectivity index (χ1v) is 6.84. The molecule has 0 amide bonds. The molecule has 0 radical (unpaired) electrons. The van der Waals surface area contributed by atoms with Crippen molar-refractivity contribution in [2.75, 3.05) is 5.73 Å². The Balaban J connectivity index is 0.000000411. The van der Waals surface area contributed by atoms with Crippen LogP contribution in [0.15, 0.2) is 33.5 Å². The number of nitrogens with two attached hydrogens (primary N) is 2. The number of aryl methyl sites for hydroxylation is 1. The summed E-state index contributed by atoms with van der Waals surface area (Å²) in [5, 5.41) is 15.9. The van der Waals surface area contributed by atoms with Crippen molar-refractivity contribution >= 4 is 28.6 Å². The van der Waals surface area contributed by atoms with Crippen LogP contribution in [0, 0.1) is 6.92 Å². The molecule has 0 unspecified atom stereocenters. The molecule has 1 aromatic heterocycles. The van der Waals surface area contributed by atoms with E-state index in [0.717, 1.165) is 10.9 Å². The lowest BCUT2D eigenvalue weighted by Gasteiger charge is -2.00. The summed E-state index contributed by atoms with van der Waals surface area (Å²) < 4.78 is 36.7. The van der Waals surface area contributed by atoms with E-state index in [2.05, 4.69) is 0 Å². The molecular formula is C15H17F3N2O6. The Hall–Kier alpha value is -3.08. The normalized spacial score (nSPS) is 11.5. The standard InChI is InChI=1S/C10H9NO2.C3H7NO2.C2HF3O2/c1-6-4-10(12)13-9-5-7(11)2-3-8(6)9;1-2(4)3(5)6;3-2(4,5)1(6)7/h2-5H,11H2,1H3;2H,4H2,1H3,(H,5,6);(H,6,7)/t;2-;/m.0./s1. The van der Waals surface area contributed by atoms with Crippen LogP contribution in [-0.2, 0) is 9.59 Å². The van der Waals surface area contributed by atoms with Crippen LogP contribution in [-0.4, -0.2) is 34.4 Å². The van der Waals surface area contributed by atoms with Gasteiger partial charge < -0.3 is 26.1 Å². The maximum atomic E-state index is 11.0. The monoisotopic (exact) mass is 378 g/mol. The number of anilines is 1. The van der Waals surface area contributed by atoms with Crippen molar-refractivity contribution in [1.82, 2.24) is 0 Å². The summed E-state index contributed by atoms with van der Waals surface area (Å²) in [6, 6.07) is 6.03. The molecule has 0 bridgehead atoms. The van der Waals surface area contributed by atoms with Crippen LogP contribution in [0.3, 0.4) is 0 Å². The van der Waals surface area contributed by atoms with Gasteiger partial charge in [-0.15, -0.1) is 0 Å². The van der Waals surface area contributed by atoms with Gasteiger partial charge in [0.2, 0.25) is 0 Å². The highest BCUT2D eigenvalue weighted by Gasteiger charge is 2.38. The van der Waals surface area contributed by atoms with Gasteiger partial charge in [0.05, 0.1) is 0 Å². The number of carbonyl (C=O) groups is 2. The van der Waals surface area contributed by atoms with E-state index < -0.39 is 24.2 Å². The van der Waals surface area contributed by atoms with Crippen LogP contribution in [0.2, 0.25) is 0 Å². The van der Waals surface area contributed by atoms with Gasteiger partial charge in [-0.3, -0.25) is 4.79 Å². The van der Waals surface area contributed by atoms with E-state index in [-0.39, 0.29) is 5.63 Å². The zero-order valence-electron chi connectivity index (χ0n) is 13.7. The van der Waals surface area contributed by atoms with Gasteiger partial charge in [0.1, 0.15) is 11.6 Å². The second-order valence-corrected chi connectivity index (χ2v) is 4.93. The number of carboxylic acid groups (broad SMARTS) is 2. The molecule has 144 valence electrons. The molecule has 1 heterocycles. The minimum Gasteiger partial charge on any atom is -0.480 e. The van der Waals surface area contributed by atoms with E-state index >= 15 is 0 Å². The molecule has 8 nitrogen and oxygen atoms in total. The Labute approximate surface area is 144 Å². The summed E-state index contributed by atoms with van der Waals surface area (Å²) >= 11 is 0. The summed E-state index contributed by atoms with van der Waals surface area (Å²) in [4.78, 5) is 29.5. The molecule has 6 N–H and O–H groups in total. The van der Waals surface area contributed by atoms with Gasteiger partial charge in [0, 0.05) is 23.2 Å². The first kappa shape index (κ1) is 22.9. The fraction of sp³-hybridized carbons (Fsp3) is 0.267. The zero-order chi connectivity index (χ0) is 20.7. The molecule has 0 saturated heterocycles. The number of hydrogen-bond acceptors (Lipinski definition) is 6. The number of nitrogen functional groups attached to an aromatic ring is 1. The molecule has 2 rings (SSSR count). The summed E-state index contributed by atoms with van der Waals surface area (Å²) in [6.07, 6.45) is -5.08. The van der Waals surface area contributed by atoms with Crippen LogP contribution >= 0.6 is 0 Å². The smallest absolute Gasteiger partial charge is 0.480 e. The molecule has 0 aliphatic rings. The minimum absolute atomic E-state index is 0.337. The summed E-state index contributed by atoms with van der Waals surface area (Å²) in [5.74, 6) is -3.72. The number of fused-ring (bicyclic) bond motifs is 1. The van der Waals surface area contributed by atoms with Crippen LogP contribution in [0.1, 0.15) is 12.5 Å². The lowest BCUT2D eigenvalue weighted by molar-refractivity contribution is -0.192. The Morgan fingerprint density at radius 1 is 1.19 bits per heavy atom. The number of carboxylic acids is 2. The zero-order valence-corrected chi connectivity index (χ0v) is 13.7. The third kappa shape index (κ3) is 8.15. The lowest BCUT2D eigenvalue weighted by Crippen LogP contribution is -2.25. The molecule has 0 aliphatic heterocycles. The fourth-order valence-electron chi connectivity index (χ4n) is 1.34. The second-order valence-electron chi connectivity index (χ2n) is 4.93. The van der Waals surface area contributed by atoms with E-state index in [0.29, 0.717) is 11.3 Å². The Kier molecular flexibility index (Phi) is 8.30. The minimum atomic E-state index is -5.08. The van der Waals surface area contributed by atoms with Crippen molar-refractivity contribution in [2.24, 2.45) is 5.73 Å². The van der Waals surface area contributed by atoms with Crippen molar-refractivity contribution in [3.8, 4) is 0 Å². The molecule has 11 heteroatoms. The quantitative estimate of drug-likeness (QED) is 0.432. The van der Waals surface area contributed by atoms with Crippen LogP contribution in [0.25, 0.3) is 11.0 Å². The van der Waals surface area contributed by atoms with Gasteiger partial charge in [-0.05, 0) is 31.5 Å². The van der Waals surface area contributed by atoms with Gasteiger partial charge in [0.15, 0.2) is 0 Å². The lowest BCUT2D eigenvalue weighted by atomic mass is 10.1. The van der Waals surface area contributed by atoms with Gasteiger partial charge in [-0.2, -0.15) is 13.2 Å². The number of rotatable bonds is 1. The van der Waals surface area contributed by atoms with E-state index in [1.807, 2.05) is 13.0 Å². The van der Waals surface area contributed by atoms with Crippen LogP contribution in [0.5, 0.6) is 0 Å². The average Bonchev–Trinajstić information content (AvgIpc) is 2.46. The summed E-state index contributed by atoms with van der Waals surface area (Å²) in [6.45, 7) is 3.29. The number of halogens is 3. The molecular weight excluding hydrogens is 361 g/mol. The molecule has 0 spiro atoms. The summed E-state index contributed by atoms with van der Waals surface area (Å²) in [5.41, 5.74) is 12.1. The predicted molar refractivity (Wildman–Crippen MR) is 86.6 cm³/mol. The van der Waals surface area contributed by atoms with Gasteiger partial charge in [-0.25, -0.2) is 9.59 Å². The van der Waals surface area contributed by atoms with E-state index in [1.54, 1.807) is 12.1 Å². The number of benzene rings is 1. The van der Waals surface area contributed by atoms with Crippen LogP contribution in [0.4, 0.5) is 18.9 Å². The van der Waals surface area contributed by atoms with Crippen molar-refractivity contribution in [2.45, 2.75) is 26.1 Å². The Bertz CT molecular complexity index is 830. The maximum Gasteiger partial charge on any atom is 0.490 e. The fourth-order valence-corrected chi connectivity index (χ4v) is 1.34. The predicted octanol–water partition coefficient (Wildman–Crippen LogP) is 1.74. The Morgan fingerprint density at radius 3 is 2.04 bits per heavy atom. The van der Waals surface area contributed by atoms with Crippen molar-refractivity contribution in [3.05, 3.63) is 40.2 Å². The first-order chi connectivity index (χ1) is 11.8. The summed E-state index contributed by atoms with van der Waals surface area (Å²) in [7, 11) is 0. The number of aliphatic carboxylic acids is 2. The molecule has 26 heavy (non-hydrogen) atoms. The van der Waals surface area contributed by atoms with Crippen molar-refractivity contribution < 1.29 is 37.4 Å². The molecule has 0 saturated carbocycles.